The summed E-state index contributed by atoms with van der Waals surface area (Å²) >= 11 is 0.123. The Kier molecular flexibility index (Phi) is 10.2. The number of rotatable bonds is 6. The van der Waals surface area contributed by atoms with Crippen LogP contribution in [0.5, 0.6) is 0 Å². The third-order valence-corrected chi connectivity index (χ3v) is 7.48. The van der Waals surface area contributed by atoms with E-state index in [2.05, 4.69) is 99.8 Å². The molecule has 0 radical (unpaired) electrons. The molecule has 150 valence electrons. The van der Waals surface area contributed by atoms with Gasteiger partial charge in [0.05, 0.1) is 0 Å². The van der Waals surface area contributed by atoms with Crippen LogP contribution in [0.25, 0.3) is 0 Å². The van der Waals surface area contributed by atoms with Crippen LogP contribution in [0.3, 0.4) is 0 Å². The fraction of sp³-hybridized carbons (Fsp3) is 0.778. The molecule has 0 spiro atoms. The smallest absolute Gasteiger partial charge is 0.147 e. The number of nitrogens with zero attached hydrogens (tertiary/aromatic N) is 4. The van der Waals surface area contributed by atoms with Crippen LogP contribution in [0.2, 0.25) is 0 Å². The van der Waals surface area contributed by atoms with Crippen LogP contribution >= 0.6 is 24.8 Å². The first-order valence-electron chi connectivity index (χ1n) is 8.79. The summed E-state index contributed by atoms with van der Waals surface area (Å²) in [6.45, 7) is 18.4. The van der Waals surface area contributed by atoms with Crippen molar-refractivity contribution in [1.82, 2.24) is 19.6 Å². The van der Waals surface area contributed by atoms with Crippen LogP contribution in [-0.4, -0.2) is 53.3 Å². The van der Waals surface area contributed by atoms with E-state index >= 15 is 0 Å². The van der Waals surface area contributed by atoms with E-state index in [9.17, 15) is 0 Å². The summed E-state index contributed by atoms with van der Waals surface area (Å²) in [7, 11) is 0. The molecule has 0 unspecified atom stereocenters. The molecule has 25 heavy (non-hydrogen) atoms. The summed E-state index contributed by atoms with van der Waals surface area (Å²) in [5, 5.41) is 0. The normalized spacial score (nSPS) is 18.6. The standard InChI is InChI=1S/2C9H17N2.2ClH.Ru/c2*1-8(2)10-5-6-11(7-10)9(3)4;;;/h2*5-9H,1-4H3;2*1H;. The Labute approximate surface area is 175 Å². The van der Waals surface area contributed by atoms with Gasteiger partial charge in [-0.25, -0.2) is 0 Å². The second-order valence-corrected chi connectivity index (χ2v) is 9.85. The zero-order chi connectivity index (χ0) is 17.3. The molecule has 7 heteroatoms. The summed E-state index contributed by atoms with van der Waals surface area (Å²) in [4.78, 5) is 10.2. The van der Waals surface area contributed by atoms with Gasteiger partial charge < -0.3 is 0 Å². The Balaban J connectivity index is 0.00000288. The van der Waals surface area contributed by atoms with Gasteiger partial charge in [0.25, 0.3) is 0 Å². The van der Waals surface area contributed by atoms with Crippen LogP contribution in [0.1, 0.15) is 55.4 Å². The molecular weight excluding hydrogens is 444 g/mol. The van der Waals surface area contributed by atoms with Crippen molar-refractivity contribution in [3.05, 3.63) is 24.8 Å². The van der Waals surface area contributed by atoms with E-state index in [0.717, 1.165) is 0 Å². The molecule has 0 aliphatic carbocycles. The summed E-state index contributed by atoms with van der Waals surface area (Å²) in [6.07, 6.45) is 9.19. The fourth-order valence-electron chi connectivity index (χ4n) is 2.87. The van der Waals surface area contributed by atoms with Crippen LogP contribution in [-0.2, 0) is 17.1 Å². The molecule has 0 N–H and O–H groups in total. The molecule has 2 aliphatic rings. The van der Waals surface area contributed by atoms with Crippen molar-refractivity contribution in [2.45, 2.75) is 89.1 Å². The van der Waals surface area contributed by atoms with Gasteiger partial charge in [0.15, 0.2) is 0 Å². The van der Waals surface area contributed by atoms with Gasteiger partial charge in [0.2, 0.25) is 0 Å². The summed E-state index contributed by atoms with van der Waals surface area (Å²) in [5.41, 5.74) is 0. The maximum atomic E-state index is 2.55. The molecule has 0 fully saturated rings. The van der Waals surface area contributed by atoms with Gasteiger partial charge in [-0.3, -0.25) is 0 Å². The van der Waals surface area contributed by atoms with E-state index in [0.29, 0.717) is 33.7 Å². The van der Waals surface area contributed by atoms with E-state index in [4.69, 9.17) is 0 Å². The Morgan fingerprint density at radius 3 is 0.880 bits per heavy atom. The van der Waals surface area contributed by atoms with Crippen molar-refractivity contribution in [3.8, 4) is 0 Å². The first-order valence-corrected chi connectivity index (χ1v) is 10.8. The Hall–Kier alpha value is -0.117. The van der Waals surface area contributed by atoms with Gasteiger partial charge >= 0.3 is 151 Å². The molecule has 0 aromatic carbocycles. The van der Waals surface area contributed by atoms with Crippen LogP contribution in [0.4, 0.5) is 0 Å². The SMILES string of the molecule is CC(C)N1C=CN(C(C)C)[CH]1[Ru][CH]1N(C(C)C)C=CN1C(C)C.Cl.Cl. The molecule has 0 atom stereocenters. The Morgan fingerprint density at radius 2 is 0.720 bits per heavy atom. The van der Waals surface area contributed by atoms with Crippen molar-refractivity contribution in [2.24, 2.45) is 0 Å². The maximum absolute atomic E-state index is 2.55. The molecule has 2 rings (SSSR count). The van der Waals surface area contributed by atoms with Gasteiger partial charge in [-0.1, -0.05) is 0 Å². The van der Waals surface area contributed by atoms with Gasteiger partial charge in [-0.05, 0) is 0 Å². The van der Waals surface area contributed by atoms with Gasteiger partial charge in [-0.15, -0.1) is 24.8 Å². The van der Waals surface area contributed by atoms with E-state index in [1.807, 2.05) is 0 Å². The molecule has 0 saturated heterocycles. The topological polar surface area (TPSA) is 13.0 Å². The van der Waals surface area contributed by atoms with Crippen LogP contribution < -0.4 is 0 Å². The summed E-state index contributed by atoms with van der Waals surface area (Å²) in [6, 6.07) is 2.18. The maximum Gasteiger partial charge on any atom is -0.147 e. The summed E-state index contributed by atoms with van der Waals surface area (Å²) < 4.78 is 1.05. The van der Waals surface area contributed by atoms with Crippen LogP contribution in [0, 0.1) is 0 Å². The quantitative estimate of drug-likeness (QED) is 0.526. The molecule has 2 heterocycles. The first kappa shape index (κ1) is 24.9. The number of hydrogen-bond acceptors (Lipinski definition) is 4. The van der Waals surface area contributed by atoms with Crippen molar-refractivity contribution < 1.29 is 17.1 Å². The average Bonchev–Trinajstić information content (AvgIpc) is 3.02. The average molecular weight is 480 g/mol. The molecular formula is C18H36Cl2N4Ru. The molecule has 0 aromatic heterocycles. The van der Waals surface area contributed by atoms with Crippen molar-refractivity contribution in [2.75, 3.05) is 0 Å². The number of halogens is 2. The van der Waals surface area contributed by atoms with E-state index in [1.165, 1.54) is 0 Å². The predicted molar refractivity (Wildman–Crippen MR) is 108 cm³/mol. The van der Waals surface area contributed by atoms with Gasteiger partial charge in [0.1, 0.15) is 0 Å². The molecule has 0 bridgehead atoms. The number of hydrogen-bond donors (Lipinski definition) is 0. The van der Waals surface area contributed by atoms with Crippen molar-refractivity contribution in [3.63, 3.8) is 0 Å². The van der Waals surface area contributed by atoms with Crippen molar-refractivity contribution in [1.29, 1.82) is 0 Å². The van der Waals surface area contributed by atoms with Crippen LogP contribution in [0.15, 0.2) is 24.8 Å². The summed E-state index contributed by atoms with van der Waals surface area (Å²) in [5.74, 6) is 0. The zero-order valence-electron chi connectivity index (χ0n) is 16.7. The third kappa shape index (κ3) is 5.43. The minimum absolute atomic E-state index is 0. The van der Waals surface area contributed by atoms with E-state index in [1.54, 1.807) is 0 Å². The minimum Gasteiger partial charge on any atom is -0.147 e. The zero-order valence-corrected chi connectivity index (χ0v) is 20.1. The Bertz CT molecular complexity index is 378. The Morgan fingerprint density at radius 1 is 0.520 bits per heavy atom. The van der Waals surface area contributed by atoms with E-state index < -0.39 is 0 Å². The molecule has 0 amide bonds. The molecule has 0 saturated carbocycles. The molecule has 4 nitrogen and oxygen atoms in total. The minimum atomic E-state index is 0. The van der Waals surface area contributed by atoms with Gasteiger partial charge in [-0.2, -0.15) is 0 Å². The van der Waals surface area contributed by atoms with E-state index in [-0.39, 0.29) is 41.9 Å². The predicted octanol–water partition coefficient (Wildman–Crippen LogP) is 4.29. The fourth-order valence-corrected chi connectivity index (χ4v) is 7.20. The molecule has 2 aliphatic heterocycles. The first-order chi connectivity index (χ1) is 10.7. The van der Waals surface area contributed by atoms with Gasteiger partial charge in [0, 0.05) is 0 Å². The molecule has 0 aromatic rings. The second-order valence-electron chi connectivity index (χ2n) is 7.47. The third-order valence-electron chi connectivity index (χ3n) is 4.37. The van der Waals surface area contributed by atoms with Crippen molar-refractivity contribution >= 4 is 24.8 Å². The largest absolute Gasteiger partial charge is 0.147 e. The second kappa shape index (κ2) is 10.3. The monoisotopic (exact) mass is 480 g/mol.